The molecular weight excluding hydrogens is 416 g/mol. The molecule has 1 aromatic carbocycles. The maximum atomic E-state index is 12.6. The lowest BCUT2D eigenvalue weighted by molar-refractivity contribution is -0.131. The van der Waals surface area contributed by atoms with Gasteiger partial charge in [-0.1, -0.05) is 18.2 Å². The van der Waals surface area contributed by atoms with Crippen molar-refractivity contribution in [3.05, 3.63) is 72.7 Å². The number of furan rings is 1. The molecule has 2 fully saturated rings. The number of hydrogen-bond acceptors (Lipinski definition) is 5. The largest absolute Gasteiger partial charge is 0.472 e. The summed E-state index contributed by atoms with van der Waals surface area (Å²) in [4.78, 5) is 26.6. The fourth-order valence-corrected chi connectivity index (χ4v) is 5.52. The number of benzene rings is 1. The van der Waals surface area contributed by atoms with Gasteiger partial charge in [0.25, 0.3) is 0 Å². The summed E-state index contributed by atoms with van der Waals surface area (Å²) in [6, 6.07) is 9.85. The Labute approximate surface area is 195 Å². The number of ether oxygens (including phenoxy) is 1. The smallest absolute Gasteiger partial charge is 0.308 e. The fourth-order valence-electron chi connectivity index (χ4n) is 5.52. The number of nitrogens with one attached hydrogen (secondary N) is 1. The molecule has 3 atom stereocenters. The van der Waals surface area contributed by atoms with Crippen LogP contribution in [0, 0.1) is 5.92 Å². The van der Waals surface area contributed by atoms with Gasteiger partial charge >= 0.3 is 5.97 Å². The first-order valence-electron chi connectivity index (χ1n) is 11.6. The fraction of sp³-hybridized carbons (Fsp3) is 0.407. The van der Waals surface area contributed by atoms with Gasteiger partial charge in [0.2, 0.25) is 5.91 Å². The van der Waals surface area contributed by atoms with Crippen LogP contribution in [0.2, 0.25) is 0 Å². The van der Waals surface area contributed by atoms with E-state index < -0.39 is 0 Å². The molecule has 1 aliphatic heterocycles. The number of carbonyl (C=O) groups is 2. The lowest BCUT2D eigenvalue weighted by Gasteiger charge is -2.53. The molecule has 6 nitrogen and oxygen atoms in total. The van der Waals surface area contributed by atoms with Gasteiger partial charge in [0, 0.05) is 43.1 Å². The van der Waals surface area contributed by atoms with Gasteiger partial charge < -0.3 is 14.5 Å². The molecule has 0 radical (unpaired) electrons. The van der Waals surface area contributed by atoms with Gasteiger partial charge in [-0.3, -0.25) is 14.5 Å². The maximum absolute atomic E-state index is 12.6. The number of fused-ring (bicyclic) bond motifs is 1. The second-order valence-electron chi connectivity index (χ2n) is 9.15. The van der Waals surface area contributed by atoms with Crippen molar-refractivity contribution < 1.29 is 18.7 Å². The number of likely N-dealkylation sites (tertiary alicyclic amines) is 1. The summed E-state index contributed by atoms with van der Waals surface area (Å²) in [5, 5.41) is 3.22. The lowest BCUT2D eigenvalue weighted by Crippen LogP contribution is -2.56. The zero-order chi connectivity index (χ0) is 23.3. The second-order valence-corrected chi connectivity index (χ2v) is 9.15. The van der Waals surface area contributed by atoms with Gasteiger partial charge in [0.15, 0.2) is 0 Å². The Morgan fingerprint density at radius 1 is 1.33 bits per heavy atom. The van der Waals surface area contributed by atoms with E-state index >= 15 is 0 Å². The predicted molar refractivity (Wildman–Crippen MR) is 128 cm³/mol. The second kappa shape index (κ2) is 10.2. The molecule has 2 aliphatic rings. The van der Waals surface area contributed by atoms with Crippen LogP contribution < -0.4 is 10.1 Å². The molecule has 0 bridgehead atoms. The van der Waals surface area contributed by atoms with Crippen molar-refractivity contribution in [2.24, 2.45) is 5.92 Å². The Morgan fingerprint density at radius 3 is 2.97 bits per heavy atom. The van der Waals surface area contributed by atoms with E-state index in [9.17, 15) is 9.59 Å². The van der Waals surface area contributed by atoms with Crippen molar-refractivity contribution >= 4 is 18.0 Å². The van der Waals surface area contributed by atoms with E-state index in [1.165, 1.54) is 12.5 Å². The van der Waals surface area contributed by atoms with Crippen LogP contribution in [0.5, 0.6) is 5.75 Å². The summed E-state index contributed by atoms with van der Waals surface area (Å²) in [6.07, 6.45) is 12.3. The minimum atomic E-state index is -0.319. The zero-order valence-corrected chi connectivity index (χ0v) is 19.2. The molecule has 1 aromatic heterocycles. The highest BCUT2D eigenvalue weighted by Gasteiger charge is 2.48. The van der Waals surface area contributed by atoms with Crippen molar-refractivity contribution in [1.82, 2.24) is 10.2 Å². The maximum Gasteiger partial charge on any atom is 0.308 e. The molecule has 1 amide bonds. The van der Waals surface area contributed by atoms with Crippen LogP contribution in [-0.2, 0) is 15.0 Å². The highest BCUT2D eigenvalue weighted by atomic mass is 16.5. The quantitative estimate of drug-likeness (QED) is 0.295. The van der Waals surface area contributed by atoms with Crippen LogP contribution in [0.4, 0.5) is 0 Å². The summed E-state index contributed by atoms with van der Waals surface area (Å²) < 4.78 is 10.4. The van der Waals surface area contributed by atoms with Crippen molar-refractivity contribution in [2.75, 3.05) is 19.6 Å². The van der Waals surface area contributed by atoms with Crippen LogP contribution >= 0.6 is 0 Å². The number of carbonyl (C=O) groups excluding carboxylic acids is 2. The van der Waals surface area contributed by atoms with Crippen LogP contribution in [0.25, 0.3) is 6.08 Å². The molecule has 2 heterocycles. The normalized spacial score (nSPS) is 25.4. The molecule has 6 heteroatoms. The average molecular weight is 449 g/mol. The molecular formula is C27H32N2O4. The SMILES string of the molecule is C=CCN1CC[C@@]2(c3cccc(OC(C)=O)c3)C[C@H](NC(=O)/C=C/c3ccoc3)CC[C@@H]2C1. The van der Waals surface area contributed by atoms with E-state index in [4.69, 9.17) is 9.15 Å². The van der Waals surface area contributed by atoms with Crippen molar-refractivity contribution in [1.29, 1.82) is 0 Å². The minimum Gasteiger partial charge on any atom is -0.472 e. The Morgan fingerprint density at radius 2 is 2.21 bits per heavy atom. The molecule has 2 aromatic rings. The lowest BCUT2D eigenvalue weighted by atomic mass is 9.58. The van der Waals surface area contributed by atoms with E-state index in [2.05, 4.69) is 22.9 Å². The van der Waals surface area contributed by atoms with Crippen LogP contribution in [-0.4, -0.2) is 42.5 Å². The molecule has 1 aliphatic carbocycles. The van der Waals surface area contributed by atoms with E-state index in [0.717, 1.165) is 50.9 Å². The molecule has 1 saturated heterocycles. The first-order valence-corrected chi connectivity index (χ1v) is 11.6. The van der Waals surface area contributed by atoms with E-state index in [1.807, 2.05) is 30.3 Å². The highest BCUT2D eigenvalue weighted by molar-refractivity contribution is 5.91. The van der Waals surface area contributed by atoms with Crippen molar-refractivity contribution in [2.45, 2.75) is 44.1 Å². The minimum absolute atomic E-state index is 0.0711. The average Bonchev–Trinajstić information content (AvgIpc) is 3.31. The molecule has 1 saturated carbocycles. The Hall–Kier alpha value is -3.12. The Bertz CT molecular complexity index is 1010. The third kappa shape index (κ3) is 5.45. The molecule has 0 unspecified atom stereocenters. The summed E-state index contributed by atoms with van der Waals surface area (Å²) in [5.74, 6) is 0.636. The molecule has 1 N–H and O–H groups in total. The summed E-state index contributed by atoms with van der Waals surface area (Å²) in [5.41, 5.74) is 1.98. The first kappa shape index (κ1) is 23.1. The number of amides is 1. The number of esters is 1. The van der Waals surface area contributed by atoms with E-state index in [-0.39, 0.29) is 23.3 Å². The summed E-state index contributed by atoms with van der Waals surface area (Å²) in [7, 11) is 0. The standard InChI is InChI=1S/C27H32N2O4/c1-3-13-29-14-12-27(22-5-4-6-25(16-22)33-20(2)30)17-24(9-8-23(27)18-29)28-26(31)10-7-21-11-15-32-19-21/h3-7,10-11,15-16,19,23-24H,1,8-9,12-14,17-18H2,2H3,(H,28,31)/b10-7+/t23-,24-,27+/m1/s1. The van der Waals surface area contributed by atoms with Gasteiger partial charge in [-0.05, 0) is 68.0 Å². The monoisotopic (exact) mass is 448 g/mol. The number of piperidine rings is 1. The van der Waals surface area contributed by atoms with Crippen molar-refractivity contribution in [3.63, 3.8) is 0 Å². The van der Waals surface area contributed by atoms with Gasteiger partial charge in [-0.2, -0.15) is 0 Å². The van der Waals surface area contributed by atoms with Crippen LogP contribution in [0.3, 0.4) is 0 Å². The van der Waals surface area contributed by atoms with Crippen molar-refractivity contribution in [3.8, 4) is 5.75 Å². The number of nitrogens with zero attached hydrogens (tertiary/aromatic N) is 1. The Kier molecular flexibility index (Phi) is 7.14. The number of hydrogen-bond donors (Lipinski definition) is 1. The third-order valence-electron chi connectivity index (χ3n) is 6.98. The van der Waals surface area contributed by atoms with Crippen LogP contribution in [0.15, 0.2) is 66.0 Å². The predicted octanol–water partition coefficient (Wildman–Crippen LogP) is 4.33. The topological polar surface area (TPSA) is 71.8 Å². The third-order valence-corrected chi connectivity index (χ3v) is 6.98. The molecule has 33 heavy (non-hydrogen) atoms. The highest BCUT2D eigenvalue weighted by Crippen LogP contribution is 2.49. The summed E-state index contributed by atoms with van der Waals surface area (Å²) >= 11 is 0. The van der Waals surface area contributed by atoms with E-state index in [1.54, 1.807) is 24.7 Å². The number of rotatable bonds is 7. The summed E-state index contributed by atoms with van der Waals surface area (Å²) in [6.45, 7) is 8.19. The van der Waals surface area contributed by atoms with E-state index in [0.29, 0.717) is 11.7 Å². The van der Waals surface area contributed by atoms with Gasteiger partial charge in [0.1, 0.15) is 5.75 Å². The molecule has 174 valence electrons. The van der Waals surface area contributed by atoms with Crippen LogP contribution in [0.1, 0.15) is 43.7 Å². The molecule has 0 spiro atoms. The first-order chi connectivity index (χ1) is 16.0. The van der Waals surface area contributed by atoms with Gasteiger partial charge in [-0.25, -0.2) is 0 Å². The molecule has 4 rings (SSSR count). The Balaban J connectivity index is 1.55. The van der Waals surface area contributed by atoms with Gasteiger partial charge in [-0.15, -0.1) is 6.58 Å². The van der Waals surface area contributed by atoms with Gasteiger partial charge in [0.05, 0.1) is 12.5 Å². The zero-order valence-electron chi connectivity index (χ0n) is 19.2.